The number of nitrogen functional groups attached to an aromatic ring is 1. The van der Waals surface area contributed by atoms with Gasteiger partial charge in [-0.1, -0.05) is 13.8 Å². The van der Waals surface area contributed by atoms with Gasteiger partial charge in [0.05, 0.1) is 0 Å². The zero-order chi connectivity index (χ0) is 12.9. The molecule has 1 rings (SSSR count). The first-order valence-electron chi connectivity index (χ1n) is 4.92. The van der Waals surface area contributed by atoms with E-state index in [0.717, 1.165) is 0 Å². The number of ether oxygens (including phenoxy) is 1. The topological polar surface area (TPSA) is 35.2 Å². The Morgan fingerprint density at radius 3 is 1.75 bits per heavy atom. The minimum absolute atomic E-state index is 0.174. The molecule has 2 nitrogen and oxygen atoms in total. The lowest BCUT2D eigenvalue weighted by molar-refractivity contribution is -0.275. The third-order valence-corrected chi connectivity index (χ3v) is 1.70. The highest BCUT2D eigenvalue weighted by atomic mass is 19.4. The number of halogens is 3. The van der Waals surface area contributed by atoms with E-state index < -0.39 is 6.36 Å². The van der Waals surface area contributed by atoms with Gasteiger partial charge in [0.15, 0.2) is 0 Å². The molecule has 0 saturated heterocycles. The van der Waals surface area contributed by atoms with Crippen molar-refractivity contribution in [2.75, 3.05) is 5.73 Å². The van der Waals surface area contributed by atoms with E-state index in [4.69, 9.17) is 5.73 Å². The van der Waals surface area contributed by atoms with Crippen LogP contribution in [0.2, 0.25) is 0 Å². The molecule has 0 amide bonds. The Morgan fingerprint density at radius 1 is 1.06 bits per heavy atom. The van der Waals surface area contributed by atoms with Gasteiger partial charge in [-0.2, -0.15) is 0 Å². The highest BCUT2D eigenvalue weighted by Crippen LogP contribution is 2.30. The van der Waals surface area contributed by atoms with Crippen LogP contribution in [0.1, 0.15) is 25.0 Å². The van der Waals surface area contributed by atoms with Gasteiger partial charge in [-0.05, 0) is 37.1 Å². The number of alkyl halides is 3. The number of aryl methyl sites for hydroxylation is 2. The molecular weight excluding hydrogens is 219 g/mol. The Kier molecular flexibility index (Phi) is 5.14. The molecule has 5 heteroatoms. The van der Waals surface area contributed by atoms with Gasteiger partial charge in [-0.25, -0.2) is 0 Å². The monoisotopic (exact) mass is 235 g/mol. The standard InChI is InChI=1S/C9H10F3NO.C2H6/c1-5-3-7(13)4-6(2)8(5)14-9(10,11)12;1-2/h3-4H,13H2,1-2H3;1-2H3. The summed E-state index contributed by atoms with van der Waals surface area (Å²) in [5.41, 5.74) is 6.63. The van der Waals surface area contributed by atoms with Crippen LogP contribution in [0.25, 0.3) is 0 Å². The van der Waals surface area contributed by atoms with Gasteiger partial charge in [-0.3, -0.25) is 0 Å². The minimum atomic E-state index is -4.66. The molecule has 2 N–H and O–H groups in total. The molecule has 0 fully saturated rings. The van der Waals surface area contributed by atoms with Crippen molar-refractivity contribution in [1.29, 1.82) is 0 Å². The van der Waals surface area contributed by atoms with Crippen molar-refractivity contribution in [1.82, 2.24) is 0 Å². The maximum Gasteiger partial charge on any atom is 0.573 e. The molecular formula is C11H16F3NO. The molecule has 0 aromatic heterocycles. The van der Waals surface area contributed by atoms with Crippen molar-refractivity contribution >= 4 is 5.69 Å². The highest BCUT2D eigenvalue weighted by molar-refractivity contribution is 5.52. The van der Waals surface area contributed by atoms with Crippen LogP contribution in [0.4, 0.5) is 18.9 Å². The summed E-state index contributed by atoms with van der Waals surface area (Å²) in [6, 6.07) is 2.88. The van der Waals surface area contributed by atoms with Gasteiger partial charge in [0.2, 0.25) is 0 Å². The molecule has 0 heterocycles. The second kappa shape index (κ2) is 5.63. The molecule has 0 unspecified atom stereocenters. The summed E-state index contributed by atoms with van der Waals surface area (Å²) in [5.74, 6) is -0.174. The Labute approximate surface area is 93.2 Å². The lowest BCUT2D eigenvalue weighted by Gasteiger charge is -2.14. The number of hydrogen-bond donors (Lipinski definition) is 1. The average Bonchev–Trinajstić information content (AvgIpc) is 2.13. The van der Waals surface area contributed by atoms with E-state index in [1.54, 1.807) is 0 Å². The molecule has 1 aromatic carbocycles. The summed E-state index contributed by atoms with van der Waals surface area (Å²) in [5, 5.41) is 0. The molecule has 0 saturated carbocycles. The fraction of sp³-hybridized carbons (Fsp3) is 0.455. The van der Waals surface area contributed by atoms with Gasteiger partial charge in [0, 0.05) is 5.69 Å². The van der Waals surface area contributed by atoms with Crippen LogP contribution in [0.5, 0.6) is 5.75 Å². The van der Waals surface area contributed by atoms with Gasteiger partial charge >= 0.3 is 6.36 Å². The SMILES string of the molecule is CC.Cc1cc(N)cc(C)c1OC(F)(F)F. The first-order valence-corrected chi connectivity index (χ1v) is 4.92. The molecule has 0 aliphatic rings. The molecule has 92 valence electrons. The number of hydrogen-bond acceptors (Lipinski definition) is 2. The molecule has 0 radical (unpaired) electrons. The minimum Gasteiger partial charge on any atom is -0.405 e. The summed E-state index contributed by atoms with van der Waals surface area (Å²) in [4.78, 5) is 0. The predicted octanol–water partition coefficient (Wildman–Crippen LogP) is 3.81. The summed E-state index contributed by atoms with van der Waals surface area (Å²) in [6.45, 7) is 7.04. The third kappa shape index (κ3) is 4.42. The van der Waals surface area contributed by atoms with Crippen molar-refractivity contribution in [3.05, 3.63) is 23.3 Å². The van der Waals surface area contributed by atoms with Crippen LogP contribution in [0, 0.1) is 13.8 Å². The van der Waals surface area contributed by atoms with Gasteiger partial charge in [0.1, 0.15) is 5.75 Å². The quantitative estimate of drug-likeness (QED) is 0.751. The molecule has 0 aliphatic carbocycles. The summed E-state index contributed by atoms with van der Waals surface area (Å²) in [7, 11) is 0. The maximum absolute atomic E-state index is 11.9. The predicted molar refractivity (Wildman–Crippen MR) is 58.4 cm³/mol. The smallest absolute Gasteiger partial charge is 0.405 e. The fourth-order valence-corrected chi connectivity index (χ4v) is 1.26. The maximum atomic E-state index is 11.9. The molecule has 0 aliphatic heterocycles. The van der Waals surface area contributed by atoms with Crippen LogP contribution in [-0.2, 0) is 0 Å². The molecule has 16 heavy (non-hydrogen) atoms. The van der Waals surface area contributed by atoms with Crippen LogP contribution < -0.4 is 10.5 Å². The Morgan fingerprint density at radius 2 is 1.44 bits per heavy atom. The second-order valence-electron chi connectivity index (χ2n) is 3.03. The molecule has 0 atom stereocenters. The highest BCUT2D eigenvalue weighted by Gasteiger charge is 2.32. The average molecular weight is 235 g/mol. The van der Waals surface area contributed by atoms with Gasteiger partial charge in [0.25, 0.3) is 0 Å². The zero-order valence-electron chi connectivity index (χ0n) is 9.77. The van der Waals surface area contributed by atoms with Crippen molar-refractivity contribution in [2.45, 2.75) is 34.1 Å². The van der Waals surface area contributed by atoms with Crippen LogP contribution in [-0.4, -0.2) is 6.36 Å². The number of anilines is 1. The third-order valence-electron chi connectivity index (χ3n) is 1.70. The molecule has 1 aromatic rings. The summed E-state index contributed by atoms with van der Waals surface area (Å²) < 4.78 is 39.7. The molecule has 0 spiro atoms. The van der Waals surface area contributed by atoms with Crippen LogP contribution in [0.15, 0.2) is 12.1 Å². The Bertz CT molecular complexity index is 325. The Balaban J connectivity index is 0.00000106. The number of nitrogens with two attached hydrogens (primary N) is 1. The number of rotatable bonds is 1. The summed E-state index contributed by atoms with van der Waals surface area (Å²) in [6.07, 6.45) is -4.66. The normalized spacial score (nSPS) is 10.4. The van der Waals surface area contributed by atoms with Crippen molar-refractivity contribution < 1.29 is 17.9 Å². The largest absolute Gasteiger partial charge is 0.573 e. The van der Waals surface area contributed by atoms with E-state index in [2.05, 4.69) is 4.74 Å². The lowest BCUT2D eigenvalue weighted by Crippen LogP contribution is -2.18. The van der Waals surface area contributed by atoms with Crippen LogP contribution >= 0.6 is 0 Å². The first-order chi connectivity index (χ1) is 7.29. The first kappa shape index (κ1) is 14.6. The van der Waals surface area contributed by atoms with Crippen molar-refractivity contribution in [2.24, 2.45) is 0 Å². The van der Waals surface area contributed by atoms with E-state index in [1.165, 1.54) is 26.0 Å². The van der Waals surface area contributed by atoms with Crippen molar-refractivity contribution in [3.63, 3.8) is 0 Å². The van der Waals surface area contributed by atoms with E-state index in [0.29, 0.717) is 16.8 Å². The number of benzene rings is 1. The second-order valence-corrected chi connectivity index (χ2v) is 3.03. The van der Waals surface area contributed by atoms with E-state index in [-0.39, 0.29) is 5.75 Å². The van der Waals surface area contributed by atoms with Gasteiger partial charge < -0.3 is 10.5 Å². The van der Waals surface area contributed by atoms with E-state index >= 15 is 0 Å². The van der Waals surface area contributed by atoms with E-state index in [9.17, 15) is 13.2 Å². The fourth-order valence-electron chi connectivity index (χ4n) is 1.26. The summed E-state index contributed by atoms with van der Waals surface area (Å²) >= 11 is 0. The van der Waals surface area contributed by atoms with Crippen LogP contribution in [0.3, 0.4) is 0 Å². The van der Waals surface area contributed by atoms with Crippen molar-refractivity contribution in [3.8, 4) is 5.75 Å². The lowest BCUT2D eigenvalue weighted by atomic mass is 10.1. The zero-order valence-corrected chi connectivity index (χ0v) is 9.77. The van der Waals surface area contributed by atoms with Gasteiger partial charge in [-0.15, -0.1) is 13.2 Å². The molecule has 0 bridgehead atoms. The Hall–Kier alpha value is -1.39. The van der Waals surface area contributed by atoms with E-state index in [1.807, 2.05) is 13.8 Å².